The van der Waals surface area contributed by atoms with Gasteiger partial charge in [-0.05, 0) is 36.5 Å². The van der Waals surface area contributed by atoms with E-state index >= 15 is 0 Å². The van der Waals surface area contributed by atoms with Crippen molar-refractivity contribution >= 4 is 17.4 Å². The fourth-order valence-corrected chi connectivity index (χ4v) is 3.06. The highest BCUT2D eigenvalue weighted by molar-refractivity contribution is 5.93. The summed E-state index contributed by atoms with van der Waals surface area (Å²) < 4.78 is 0. The second-order valence-corrected chi connectivity index (χ2v) is 7.04. The van der Waals surface area contributed by atoms with Crippen LogP contribution in [0.25, 0.3) is 0 Å². The van der Waals surface area contributed by atoms with Gasteiger partial charge in [-0.15, -0.1) is 0 Å². The molecule has 3 rings (SSSR count). The normalized spacial score (nSPS) is 10.7. The van der Waals surface area contributed by atoms with Crippen LogP contribution in [0.15, 0.2) is 60.7 Å². The minimum absolute atomic E-state index is 0.193. The quantitative estimate of drug-likeness (QED) is 0.633. The van der Waals surface area contributed by atoms with Crippen molar-refractivity contribution in [2.45, 2.75) is 33.1 Å². The third-order valence-corrected chi connectivity index (χ3v) is 4.46. The van der Waals surface area contributed by atoms with Crippen molar-refractivity contribution < 1.29 is 4.79 Å². The van der Waals surface area contributed by atoms with Gasteiger partial charge >= 0.3 is 0 Å². The van der Waals surface area contributed by atoms with Crippen molar-refractivity contribution in [3.63, 3.8) is 0 Å². The molecule has 0 saturated carbocycles. The summed E-state index contributed by atoms with van der Waals surface area (Å²) in [4.78, 5) is 21.3. The van der Waals surface area contributed by atoms with Gasteiger partial charge in [0.1, 0.15) is 17.3 Å². The van der Waals surface area contributed by atoms with Crippen LogP contribution < -0.4 is 10.6 Å². The summed E-state index contributed by atoms with van der Waals surface area (Å²) in [5.74, 6) is 1.36. The van der Waals surface area contributed by atoms with Crippen LogP contribution in [0.2, 0.25) is 0 Å². The Morgan fingerprint density at radius 2 is 1.71 bits per heavy atom. The molecule has 1 amide bonds. The number of aromatic nitrogens is 2. The number of carbonyl (C=O) groups is 1. The Morgan fingerprint density at radius 1 is 1.00 bits per heavy atom. The van der Waals surface area contributed by atoms with Crippen LogP contribution in [0.5, 0.6) is 0 Å². The summed E-state index contributed by atoms with van der Waals surface area (Å²) in [6, 6.07) is 19.9. The van der Waals surface area contributed by atoms with Crippen LogP contribution in [0.1, 0.15) is 47.2 Å². The molecule has 0 fully saturated rings. The fraction of sp³-hybridized carbons (Fsp3) is 0.261. The molecule has 144 valence electrons. The Morgan fingerprint density at radius 3 is 2.46 bits per heavy atom. The van der Waals surface area contributed by atoms with Crippen molar-refractivity contribution in [2.24, 2.45) is 0 Å². The molecule has 0 unspecified atom stereocenters. The van der Waals surface area contributed by atoms with Crippen molar-refractivity contribution in [2.75, 3.05) is 11.9 Å². The molecule has 2 aromatic carbocycles. The highest BCUT2D eigenvalue weighted by atomic mass is 16.1. The number of amides is 1. The zero-order valence-electron chi connectivity index (χ0n) is 16.6. The van der Waals surface area contributed by atoms with E-state index in [9.17, 15) is 4.79 Å². The molecule has 3 aromatic rings. The molecule has 0 spiro atoms. The van der Waals surface area contributed by atoms with Crippen LogP contribution in [0.4, 0.5) is 11.5 Å². The van der Waals surface area contributed by atoms with E-state index in [0.29, 0.717) is 29.8 Å². The first kappa shape index (κ1) is 19.5. The number of anilines is 2. The van der Waals surface area contributed by atoms with Crippen LogP contribution in [0.3, 0.4) is 0 Å². The van der Waals surface area contributed by atoms with E-state index < -0.39 is 0 Å². The van der Waals surface area contributed by atoms with E-state index in [4.69, 9.17) is 0 Å². The third-order valence-electron chi connectivity index (χ3n) is 4.46. The van der Waals surface area contributed by atoms with Crippen molar-refractivity contribution in [3.05, 3.63) is 83.3 Å². The number of hydrogen-bond acceptors (Lipinski definition) is 4. The number of hydrogen-bond donors (Lipinski definition) is 2. The van der Waals surface area contributed by atoms with E-state index in [-0.39, 0.29) is 5.91 Å². The Kier molecular flexibility index (Phi) is 6.37. The predicted molar refractivity (Wildman–Crippen MR) is 113 cm³/mol. The van der Waals surface area contributed by atoms with Crippen molar-refractivity contribution in [1.82, 2.24) is 15.3 Å². The smallest absolute Gasteiger partial charge is 0.270 e. The van der Waals surface area contributed by atoms with E-state index in [0.717, 1.165) is 12.1 Å². The minimum Gasteiger partial charge on any atom is -0.350 e. The lowest BCUT2D eigenvalue weighted by Crippen LogP contribution is -2.27. The topological polar surface area (TPSA) is 66.9 Å². The van der Waals surface area contributed by atoms with Crippen molar-refractivity contribution in [3.8, 4) is 0 Å². The Bertz CT molecular complexity index is 938. The molecule has 5 nitrogen and oxygen atoms in total. The van der Waals surface area contributed by atoms with E-state index in [2.05, 4.69) is 52.6 Å². The molecule has 0 saturated heterocycles. The third kappa shape index (κ3) is 5.16. The molecule has 0 atom stereocenters. The van der Waals surface area contributed by atoms with E-state index in [1.807, 2.05) is 36.4 Å². The molecule has 0 bridgehead atoms. The molecule has 28 heavy (non-hydrogen) atoms. The highest BCUT2D eigenvalue weighted by Crippen LogP contribution is 2.26. The van der Waals surface area contributed by atoms with E-state index in [1.54, 1.807) is 13.0 Å². The van der Waals surface area contributed by atoms with Crippen LogP contribution in [-0.2, 0) is 6.42 Å². The Labute approximate surface area is 166 Å². The van der Waals surface area contributed by atoms with Crippen LogP contribution in [0, 0.1) is 6.92 Å². The lowest BCUT2D eigenvalue weighted by Gasteiger charge is -2.15. The highest BCUT2D eigenvalue weighted by Gasteiger charge is 2.12. The number of para-hydroxylation sites is 1. The fourth-order valence-electron chi connectivity index (χ4n) is 3.06. The summed E-state index contributed by atoms with van der Waals surface area (Å²) in [5, 5.41) is 6.28. The molecule has 2 N–H and O–H groups in total. The molecule has 5 heteroatoms. The molecule has 0 aliphatic rings. The summed E-state index contributed by atoms with van der Waals surface area (Å²) >= 11 is 0. The number of nitrogens with zero attached hydrogens (tertiary/aromatic N) is 2. The molecular formula is C23H26N4O. The maximum atomic E-state index is 12.5. The monoisotopic (exact) mass is 374 g/mol. The molecule has 0 aliphatic carbocycles. The first-order valence-corrected chi connectivity index (χ1v) is 9.56. The SMILES string of the molecule is Cc1nc(Nc2ccccc2C(C)C)cc(C(=O)NCCc2ccccc2)n1. The average molecular weight is 374 g/mol. The second-order valence-electron chi connectivity index (χ2n) is 7.04. The lowest BCUT2D eigenvalue weighted by atomic mass is 10.0. The first-order valence-electron chi connectivity index (χ1n) is 9.56. The first-order chi connectivity index (χ1) is 13.5. The maximum absolute atomic E-state index is 12.5. The van der Waals surface area contributed by atoms with Gasteiger partial charge in [0.25, 0.3) is 5.91 Å². The van der Waals surface area contributed by atoms with Crippen LogP contribution >= 0.6 is 0 Å². The van der Waals surface area contributed by atoms with Gasteiger partial charge in [-0.25, -0.2) is 9.97 Å². The van der Waals surface area contributed by atoms with Crippen molar-refractivity contribution in [1.29, 1.82) is 0 Å². The Balaban J connectivity index is 1.70. The number of benzene rings is 2. The van der Waals surface area contributed by atoms with Gasteiger partial charge in [-0.2, -0.15) is 0 Å². The molecular weight excluding hydrogens is 348 g/mol. The van der Waals surface area contributed by atoms with Gasteiger partial charge in [0.05, 0.1) is 0 Å². The zero-order chi connectivity index (χ0) is 19.9. The number of rotatable bonds is 7. The summed E-state index contributed by atoms with van der Waals surface area (Å²) in [7, 11) is 0. The minimum atomic E-state index is -0.193. The molecule has 1 aromatic heterocycles. The van der Waals surface area contributed by atoms with Gasteiger partial charge in [-0.1, -0.05) is 62.4 Å². The summed E-state index contributed by atoms with van der Waals surface area (Å²) in [5.41, 5.74) is 3.75. The average Bonchev–Trinajstić information content (AvgIpc) is 2.68. The van der Waals surface area contributed by atoms with Gasteiger partial charge < -0.3 is 10.6 Å². The summed E-state index contributed by atoms with van der Waals surface area (Å²) in [6.45, 7) is 6.65. The number of nitrogens with one attached hydrogen (secondary N) is 2. The summed E-state index contributed by atoms with van der Waals surface area (Å²) in [6.07, 6.45) is 0.781. The molecule has 0 aliphatic heterocycles. The Hall–Kier alpha value is -3.21. The number of aryl methyl sites for hydroxylation is 1. The van der Waals surface area contributed by atoms with Gasteiger partial charge in [0.15, 0.2) is 0 Å². The zero-order valence-corrected chi connectivity index (χ0v) is 16.6. The van der Waals surface area contributed by atoms with Gasteiger partial charge in [0, 0.05) is 18.3 Å². The number of carbonyl (C=O) groups excluding carboxylic acids is 1. The van der Waals surface area contributed by atoms with E-state index in [1.165, 1.54) is 11.1 Å². The maximum Gasteiger partial charge on any atom is 0.270 e. The largest absolute Gasteiger partial charge is 0.350 e. The second kappa shape index (κ2) is 9.13. The van der Waals surface area contributed by atoms with Crippen LogP contribution in [-0.4, -0.2) is 22.4 Å². The predicted octanol–water partition coefficient (Wildman–Crippen LogP) is 4.62. The molecule has 0 radical (unpaired) electrons. The standard InChI is InChI=1S/C23H26N4O/c1-16(2)19-11-7-8-12-20(19)27-22-15-21(25-17(3)26-22)23(28)24-14-13-18-9-5-4-6-10-18/h4-12,15-16H,13-14H2,1-3H3,(H,24,28)(H,25,26,27). The lowest BCUT2D eigenvalue weighted by molar-refractivity contribution is 0.0949. The van der Waals surface area contributed by atoms with Gasteiger partial charge in [0.2, 0.25) is 0 Å². The molecule has 1 heterocycles. The van der Waals surface area contributed by atoms with Gasteiger partial charge in [-0.3, -0.25) is 4.79 Å².